The minimum atomic E-state index is -2.51. The molecule has 1 unspecified atom stereocenters. The van der Waals surface area contributed by atoms with Gasteiger partial charge in [-0.15, -0.1) is 0 Å². The maximum atomic E-state index is 5.58. The van der Waals surface area contributed by atoms with Gasteiger partial charge in [-0.3, -0.25) is 0 Å². The minimum Gasteiger partial charge on any atom is -0.377 e. The lowest BCUT2D eigenvalue weighted by molar-refractivity contribution is -0.172. The lowest BCUT2D eigenvalue weighted by atomic mass is 10.6. The van der Waals surface area contributed by atoms with Crippen LogP contribution in [0, 0.1) is 0 Å². The van der Waals surface area contributed by atoms with E-state index in [-0.39, 0.29) is 13.1 Å². The molecular formula is C10H24O5Si. The predicted octanol–water partition coefficient (Wildman–Crippen LogP) is 2.00. The lowest BCUT2D eigenvalue weighted by Gasteiger charge is -2.26. The van der Waals surface area contributed by atoms with Crippen LogP contribution in [0.1, 0.15) is 27.2 Å². The van der Waals surface area contributed by atoms with Crippen molar-refractivity contribution in [3.63, 3.8) is 0 Å². The number of rotatable bonds is 10. The molecule has 16 heavy (non-hydrogen) atoms. The van der Waals surface area contributed by atoms with E-state index in [4.69, 9.17) is 22.8 Å². The smallest absolute Gasteiger partial charge is 0.377 e. The van der Waals surface area contributed by atoms with Gasteiger partial charge in [0.05, 0.1) is 0 Å². The van der Waals surface area contributed by atoms with Crippen molar-refractivity contribution in [2.24, 2.45) is 0 Å². The zero-order valence-corrected chi connectivity index (χ0v) is 11.9. The quantitative estimate of drug-likeness (QED) is 0.439. The van der Waals surface area contributed by atoms with E-state index in [0.29, 0.717) is 6.61 Å². The van der Waals surface area contributed by atoms with E-state index in [1.54, 1.807) is 14.2 Å². The minimum absolute atomic E-state index is 0.134. The van der Waals surface area contributed by atoms with E-state index in [9.17, 15) is 0 Å². The van der Waals surface area contributed by atoms with Gasteiger partial charge in [0.25, 0.3) is 0 Å². The third-order valence-corrected chi connectivity index (χ3v) is 5.08. The molecule has 0 aliphatic rings. The Hall–Kier alpha value is 0.0169. The van der Waals surface area contributed by atoms with E-state index in [0.717, 1.165) is 12.5 Å². The van der Waals surface area contributed by atoms with Crippen LogP contribution < -0.4 is 0 Å². The Balaban J connectivity index is 3.92. The maximum Gasteiger partial charge on any atom is 0.502 e. The number of hydrogen-bond donors (Lipinski definition) is 0. The molecule has 0 saturated carbocycles. The van der Waals surface area contributed by atoms with E-state index in [1.807, 2.05) is 13.8 Å². The average molecular weight is 252 g/mol. The van der Waals surface area contributed by atoms with Gasteiger partial charge in [0.15, 0.2) is 6.29 Å². The first kappa shape index (κ1) is 16.0. The first-order valence-electron chi connectivity index (χ1n) is 5.61. The van der Waals surface area contributed by atoms with Gasteiger partial charge in [-0.05, 0) is 13.8 Å². The summed E-state index contributed by atoms with van der Waals surface area (Å²) in [5.41, 5.74) is 0. The summed E-state index contributed by atoms with van der Waals surface area (Å²) in [4.78, 5) is 0. The summed E-state index contributed by atoms with van der Waals surface area (Å²) in [7, 11) is 0.703. The summed E-state index contributed by atoms with van der Waals surface area (Å²) < 4.78 is 26.8. The van der Waals surface area contributed by atoms with Crippen molar-refractivity contribution < 1.29 is 22.8 Å². The van der Waals surface area contributed by atoms with Crippen LogP contribution in [0.3, 0.4) is 0 Å². The van der Waals surface area contributed by atoms with Crippen LogP contribution in [-0.2, 0) is 22.8 Å². The Labute approximate surface area is 99.3 Å². The highest BCUT2D eigenvalue weighted by molar-refractivity contribution is 6.60. The molecule has 0 aromatic rings. The van der Waals surface area contributed by atoms with Crippen molar-refractivity contribution in [1.82, 2.24) is 0 Å². The maximum absolute atomic E-state index is 5.58. The van der Waals surface area contributed by atoms with Crippen LogP contribution in [0.2, 0.25) is 6.04 Å². The zero-order valence-electron chi connectivity index (χ0n) is 10.9. The molecule has 0 radical (unpaired) electrons. The Kier molecular flexibility index (Phi) is 9.10. The molecule has 0 spiro atoms. The molecule has 0 bridgehead atoms. The summed E-state index contributed by atoms with van der Waals surface area (Å²) in [5, 5.41) is 0. The molecule has 1 atom stereocenters. The molecule has 0 aliphatic carbocycles. The third kappa shape index (κ3) is 5.93. The van der Waals surface area contributed by atoms with Gasteiger partial charge < -0.3 is 22.8 Å². The van der Waals surface area contributed by atoms with Crippen LogP contribution in [0.15, 0.2) is 0 Å². The van der Waals surface area contributed by atoms with Crippen LogP contribution in [0.4, 0.5) is 0 Å². The lowest BCUT2D eigenvalue weighted by Crippen LogP contribution is -2.44. The molecule has 98 valence electrons. The molecule has 0 aromatic heterocycles. The van der Waals surface area contributed by atoms with Crippen molar-refractivity contribution in [1.29, 1.82) is 0 Å². The highest BCUT2D eigenvalue weighted by Crippen LogP contribution is 2.15. The topological polar surface area (TPSA) is 46.2 Å². The van der Waals surface area contributed by atoms with Crippen molar-refractivity contribution in [2.45, 2.75) is 39.5 Å². The molecule has 0 aromatic carbocycles. The molecule has 0 saturated heterocycles. The molecule has 0 heterocycles. The average Bonchev–Trinajstić information content (AvgIpc) is 2.28. The Bertz CT molecular complexity index is 163. The Morgan fingerprint density at radius 1 is 1.06 bits per heavy atom. The van der Waals surface area contributed by atoms with Crippen molar-refractivity contribution in [3.05, 3.63) is 0 Å². The third-order valence-electron chi connectivity index (χ3n) is 2.16. The summed E-state index contributed by atoms with van der Waals surface area (Å²) in [6.45, 7) is 6.56. The molecule has 0 fully saturated rings. The molecular weight excluding hydrogens is 228 g/mol. The fraction of sp³-hybridized carbons (Fsp3) is 1.00. The van der Waals surface area contributed by atoms with Crippen LogP contribution >= 0.6 is 0 Å². The highest BCUT2D eigenvalue weighted by atomic mass is 28.4. The summed E-state index contributed by atoms with van der Waals surface area (Å²) in [5.74, 6) is 0. The largest absolute Gasteiger partial charge is 0.502 e. The first-order valence-corrected chi connectivity index (χ1v) is 7.54. The highest BCUT2D eigenvalue weighted by Gasteiger charge is 2.38. The predicted molar refractivity (Wildman–Crippen MR) is 63.0 cm³/mol. The SMILES string of the molecule is CCC[Si](OC)(OC)OCOC(C)OCC. The molecule has 6 heteroatoms. The van der Waals surface area contributed by atoms with Gasteiger partial charge in [0.2, 0.25) is 0 Å². The van der Waals surface area contributed by atoms with E-state index >= 15 is 0 Å². The van der Waals surface area contributed by atoms with Gasteiger partial charge in [-0.25, -0.2) is 0 Å². The van der Waals surface area contributed by atoms with Gasteiger partial charge in [0, 0.05) is 26.9 Å². The molecule has 0 aliphatic heterocycles. The first-order chi connectivity index (χ1) is 7.64. The summed E-state index contributed by atoms with van der Waals surface area (Å²) >= 11 is 0. The Morgan fingerprint density at radius 3 is 2.12 bits per heavy atom. The zero-order chi connectivity index (χ0) is 12.4. The van der Waals surface area contributed by atoms with Gasteiger partial charge in [-0.1, -0.05) is 13.3 Å². The van der Waals surface area contributed by atoms with Crippen molar-refractivity contribution >= 4 is 8.80 Å². The van der Waals surface area contributed by atoms with Gasteiger partial charge in [0.1, 0.15) is 6.79 Å². The van der Waals surface area contributed by atoms with Crippen LogP contribution in [0.25, 0.3) is 0 Å². The van der Waals surface area contributed by atoms with Crippen molar-refractivity contribution in [2.75, 3.05) is 27.6 Å². The van der Waals surface area contributed by atoms with Crippen LogP contribution in [0.5, 0.6) is 0 Å². The monoisotopic (exact) mass is 252 g/mol. The van der Waals surface area contributed by atoms with Gasteiger partial charge in [-0.2, -0.15) is 0 Å². The fourth-order valence-electron chi connectivity index (χ4n) is 1.29. The molecule has 0 amide bonds. The standard InChI is InChI=1S/C10H24O5Si/c1-6-8-16(11-4,12-5)15-9-14-10(3)13-7-2/h10H,6-9H2,1-5H3. The molecule has 0 rings (SSSR count). The van der Waals surface area contributed by atoms with Crippen molar-refractivity contribution in [3.8, 4) is 0 Å². The Morgan fingerprint density at radius 2 is 1.69 bits per heavy atom. The van der Waals surface area contributed by atoms with Crippen LogP contribution in [-0.4, -0.2) is 42.7 Å². The van der Waals surface area contributed by atoms with E-state index in [1.165, 1.54) is 0 Å². The van der Waals surface area contributed by atoms with E-state index < -0.39 is 8.80 Å². The second kappa shape index (κ2) is 9.09. The summed E-state index contributed by atoms with van der Waals surface area (Å²) in [6.07, 6.45) is 0.682. The molecule has 5 nitrogen and oxygen atoms in total. The molecule has 0 N–H and O–H groups in total. The number of hydrogen-bond acceptors (Lipinski definition) is 5. The fourth-order valence-corrected chi connectivity index (χ4v) is 3.10. The normalized spacial score (nSPS) is 14.1. The number of ether oxygens (including phenoxy) is 2. The van der Waals surface area contributed by atoms with E-state index in [2.05, 4.69) is 6.92 Å². The van der Waals surface area contributed by atoms with Gasteiger partial charge >= 0.3 is 8.80 Å². The second-order valence-electron chi connectivity index (χ2n) is 3.29. The second-order valence-corrected chi connectivity index (χ2v) is 6.26. The summed E-state index contributed by atoms with van der Waals surface area (Å²) in [6, 6.07) is 0.784.